The molecule has 5 nitrogen and oxygen atoms in total. The highest BCUT2D eigenvalue weighted by molar-refractivity contribution is 9.10. The van der Waals surface area contributed by atoms with Crippen molar-refractivity contribution in [2.24, 2.45) is 11.8 Å². The fourth-order valence-electron chi connectivity index (χ4n) is 3.16. The van der Waals surface area contributed by atoms with E-state index in [0.717, 1.165) is 38.9 Å². The van der Waals surface area contributed by atoms with Gasteiger partial charge in [0.25, 0.3) is 0 Å². The van der Waals surface area contributed by atoms with Crippen molar-refractivity contribution >= 4 is 21.6 Å². The van der Waals surface area contributed by atoms with E-state index in [4.69, 9.17) is 5.73 Å². The molecule has 2 aromatic rings. The maximum absolute atomic E-state index is 6.09. The third-order valence-electron chi connectivity index (χ3n) is 4.64. The molecule has 0 atom stereocenters. The number of benzene rings is 1. The highest BCUT2D eigenvalue weighted by atomic mass is 79.9. The monoisotopic (exact) mass is 347 g/mol. The number of aromatic nitrogens is 4. The third-order valence-corrected chi connectivity index (χ3v) is 5.10. The van der Waals surface area contributed by atoms with Crippen LogP contribution in [0.4, 0.5) is 5.69 Å². The van der Waals surface area contributed by atoms with Crippen LogP contribution in [-0.4, -0.2) is 20.2 Å². The first-order chi connectivity index (χ1) is 10.1. The van der Waals surface area contributed by atoms with Crippen LogP contribution in [0.25, 0.3) is 11.4 Å². The molecule has 0 saturated heterocycles. The zero-order chi connectivity index (χ0) is 14.6. The van der Waals surface area contributed by atoms with Crippen LogP contribution >= 0.6 is 15.9 Å². The summed E-state index contributed by atoms with van der Waals surface area (Å²) in [7, 11) is 0. The second-order valence-electron chi connectivity index (χ2n) is 6.28. The number of hydrogen-bond donors (Lipinski definition) is 1. The predicted octanol–water partition coefficient (Wildman–Crippen LogP) is 3.35. The topological polar surface area (TPSA) is 69.6 Å². The van der Waals surface area contributed by atoms with Crippen LogP contribution in [0.15, 0.2) is 16.6 Å². The van der Waals surface area contributed by atoms with Crippen LogP contribution in [-0.2, 0) is 0 Å². The number of rotatable bonds is 4. The number of tetrazole rings is 1. The quantitative estimate of drug-likeness (QED) is 0.861. The molecule has 2 aliphatic rings. The minimum Gasteiger partial charge on any atom is -0.398 e. The van der Waals surface area contributed by atoms with Crippen LogP contribution < -0.4 is 5.73 Å². The van der Waals surface area contributed by atoms with Crippen molar-refractivity contribution < 1.29 is 0 Å². The number of anilines is 1. The van der Waals surface area contributed by atoms with Crippen molar-refractivity contribution in [3.8, 4) is 11.4 Å². The number of halogens is 1. The average molecular weight is 348 g/mol. The van der Waals surface area contributed by atoms with Crippen molar-refractivity contribution in [3.63, 3.8) is 0 Å². The summed E-state index contributed by atoms with van der Waals surface area (Å²) in [5.41, 5.74) is 8.92. The number of nitrogens with zero attached hydrogens (tertiary/aromatic N) is 4. The molecular weight excluding hydrogens is 330 g/mol. The normalized spacial score (nSPS) is 18.4. The van der Waals surface area contributed by atoms with Gasteiger partial charge in [0.2, 0.25) is 0 Å². The highest BCUT2D eigenvalue weighted by Gasteiger charge is 2.44. The maximum atomic E-state index is 6.09. The summed E-state index contributed by atoms with van der Waals surface area (Å²) < 4.78 is 3.02. The summed E-state index contributed by atoms with van der Waals surface area (Å²) in [6.45, 7) is 2.03. The minimum atomic E-state index is 0.467. The van der Waals surface area contributed by atoms with Gasteiger partial charge in [-0.25, -0.2) is 4.68 Å². The van der Waals surface area contributed by atoms with Crippen molar-refractivity contribution in [1.29, 1.82) is 0 Å². The Morgan fingerprint density at radius 2 is 1.90 bits per heavy atom. The zero-order valence-electron chi connectivity index (χ0n) is 12.0. The molecule has 2 aliphatic carbocycles. The van der Waals surface area contributed by atoms with Gasteiger partial charge in [0.1, 0.15) is 0 Å². The fourth-order valence-corrected chi connectivity index (χ4v) is 3.64. The molecule has 1 aromatic carbocycles. The molecule has 6 heteroatoms. The van der Waals surface area contributed by atoms with Crippen LogP contribution in [0.3, 0.4) is 0 Å². The molecular formula is C15H18BrN5. The molecule has 0 bridgehead atoms. The Balaban J connectivity index is 1.81. The molecule has 21 heavy (non-hydrogen) atoms. The Morgan fingerprint density at radius 3 is 2.52 bits per heavy atom. The standard InChI is InChI=1S/C15H18BrN5/c1-8-12(6-11(16)7-13(8)17)15-18-19-20-21(15)14(9-2-3-9)10-4-5-10/h6-7,9-10,14H,2-5,17H2,1H3. The summed E-state index contributed by atoms with van der Waals surface area (Å²) in [6.07, 6.45) is 5.22. The van der Waals surface area contributed by atoms with Gasteiger partial charge in [0.05, 0.1) is 6.04 Å². The first-order valence-corrected chi connectivity index (χ1v) is 8.28. The Kier molecular flexibility index (Phi) is 3.03. The van der Waals surface area contributed by atoms with Gasteiger partial charge >= 0.3 is 0 Å². The van der Waals surface area contributed by atoms with Gasteiger partial charge in [0.15, 0.2) is 5.82 Å². The molecule has 0 aliphatic heterocycles. The Morgan fingerprint density at radius 1 is 1.24 bits per heavy atom. The number of hydrogen-bond acceptors (Lipinski definition) is 4. The first-order valence-electron chi connectivity index (χ1n) is 7.49. The number of nitrogen functional groups attached to an aromatic ring is 1. The van der Waals surface area contributed by atoms with Crippen LogP contribution in [0.5, 0.6) is 0 Å². The Hall–Kier alpha value is -1.43. The van der Waals surface area contributed by atoms with Gasteiger partial charge < -0.3 is 5.73 Å². The van der Waals surface area contributed by atoms with Gasteiger partial charge in [0, 0.05) is 15.7 Å². The second-order valence-corrected chi connectivity index (χ2v) is 7.20. The van der Waals surface area contributed by atoms with E-state index in [9.17, 15) is 0 Å². The molecule has 0 spiro atoms. The Labute approximate surface area is 132 Å². The minimum absolute atomic E-state index is 0.467. The van der Waals surface area contributed by atoms with E-state index in [1.54, 1.807) is 0 Å². The van der Waals surface area contributed by atoms with E-state index in [1.807, 2.05) is 13.0 Å². The lowest BCUT2D eigenvalue weighted by Crippen LogP contribution is -2.17. The maximum Gasteiger partial charge on any atom is 0.182 e. The van der Waals surface area contributed by atoms with E-state index in [-0.39, 0.29) is 0 Å². The smallest absolute Gasteiger partial charge is 0.182 e. The average Bonchev–Trinajstić information content (AvgIpc) is 3.35. The molecule has 0 unspecified atom stereocenters. The summed E-state index contributed by atoms with van der Waals surface area (Å²) >= 11 is 3.52. The SMILES string of the molecule is Cc1c(N)cc(Br)cc1-c1nnnn1C(C1CC1)C1CC1. The first kappa shape index (κ1) is 13.2. The van der Waals surface area contributed by atoms with Crippen molar-refractivity contribution in [2.45, 2.75) is 38.6 Å². The largest absolute Gasteiger partial charge is 0.398 e. The van der Waals surface area contributed by atoms with Crippen molar-refractivity contribution in [2.75, 3.05) is 5.73 Å². The molecule has 2 N–H and O–H groups in total. The van der Waals surface area contributed by atoms with E-state index >= 15 is 0 Å². The van der Waals surface area contributed by atoms with Crippen molar-refractivity contribution in [1.82, 2.24) is 20.2 Å². The van der Waals surface area contributed by atoms with E-state index in [2.05, 4.69) is 42.2 Å². The lowest BCUT2D eigenvalue weighted by atomic mass is 10.0. The predicted molar refractivity (Wildman–Crippen MR) is 84.6 cm³/mol. The molecule has 1 aromatic heterocycles. The summed E-state index contributed by atoms with van der Waals surface area (Å²) in [5, 5.41) is 12.6. The summed E-state index contributed by atoms with van der Waals surface area (Å²) in [4.78, 5) is 0. The number of nitrogens with two attached hydrogens (primary N) is 1. The molecule has 110 valence electrons. The molecule has 4 rings (SSSR count). The lowest BCUT2D eigenvalue weighted by molar-refractivity contribution is 0.357. The van der Waals surface area contributed by atoms with E-state index in [0.29, 0.717) is 6.04 Å². The van der Waals surface area contributed by atoms with Gasteiger partial charge in [-0.3, -0.25) is 0 Å². The van der Waals surface area contributed by atoms with Gasteiger partial charge in [-0.15, -0.1) is 5.10 Å². The molecule has 2 saturated carbocycles. The van der Waals surface area contributed by atoms with Gasteiger partial charge in [-0.05, 0) is 72.6 Å². The van der Waals surface area contributed by atoms with Crippen LogP contribution in [0.1, 0.15) is 37.3 Å². The van der Waals surface area contributed by atoms with Crippen molar-refractivity contribution in [3.05, 3.63) is 22.2 Å². The van der Waals surface area contributed by atoms with Gasteiger partial charge in [-0.2, -0.15) is 0 Å². The van der Waals surface area contributed by atoms with E-state index < -0.39 is 0 Å². The van der Waals surface area contributed by atoms with E-state index in [1.165, 1.54) is 25.7 Å². The molecule has 1 heterocycles. The molecule has 0 radical (unpaired) electrons. The Bertz CT molecular complexity index is 675. The molecule has 0 amide bonds. The van der Waals surface area contributed by atoms with Gasteiger partial charge in [-0.1, -0.05) is 15.9 Å². The fraction of sp³-hybridized carbons (Fsp3) is 0.533. The summed E-state index contributed by atoms with van der Waals surface area (Å²) in [5.74, 6) is 2.36. The lowest BCUT2D eigenvalue weighted by Gasteiger charge is -2.18. The third kappa shape index (κ3) is 2.35. The highest BCUT2D eigenvalue weighted by Crippen LogP contribution is 2.52. The second kappa shape index (κ2) is 4.80. The van der Waals surface area contributed by atoms with Crippen LogP contribution in [0, 0.1) is 18.8 Å². The van der Waals surface area contributed by atoms with Crippen LogP contribution in [0.2, 0.25) is 0 Å². The summed E-state index contributed by atoms with van der Waals surface area (Å²) in [6, 6.07) is 4.45. The zero-order valence-corrected chi connectivity index (χ0v) is 13.5. The molecule has 2 fully saturated rings.